The fraction of sp³-hybridized carbons (Fsp3) is 0.250. The van der Waals surface area contributed by atoms with Gasteiger partial charge in [0.25, 0.3) is 0 Å². The van der Waals surface area contributed by atoms with Gasteiger partial charge in [0.1, 0.15) is 11.9 Å². The van der Waals surface area contributed by atoms with E-state index in [0.29, 0.717) is 16.5 Å². The zero-order valence-corrected chi connectivity index (χ0v) is 15.5. The number of benzene rings is 2. The van der Waals surface area contributed by atoms with Crippen LogP contribution in [0.25, 0.3) is 11.4 Å². The van der Waals surface area contributed by atoms with Crippen molar-refractivity contribution in [2.75, 3.05) is 18.4 Å². The summed E-state index contributed by atoms with van der Waals surface area (Å²) in [4.78, 5) is 19.6. The Morgan fingerprint density at radius 3 is 2.48 bits per heavy atom. The smallest absolute Gasteiger partial charge is 0.248 e. The summed E-state index contributed by atoms with van der Waals surface area (Å²) in [6, 6.07) is 15.4. The third kappa shape index (κ3) is 4.04. The molecule has 7 heteroatoms. The zero-order valence-electron chi connectivity index (χ0n) is 14.6. The summed E-state index contributed by atoms with van der Waals surface area (Å²) >= 11 is 1.13. The lowest BCUT2D eigenvalue weighted by atomic mass is 10.1. The van der Waals surface area contributed by atoms with Crippen LogP contribution in [0.15, 0.2) is 54.6 Å². The molecule has 27 heavy (non-hydrogen) atoms. The van der Waals surface area contributed by atoms with Crippen LogP contribution in [0.4, 0.5) is 9.52 Å². The normalized spacial score (nSPS) is 15.6. The first-order valence-corrected chi connectivity index (χ1v) is 9.67. The Hall–Kier alpha value is -2.64. The van der Waals surface area contributed by atoms with Gasteiger partial charge in [0.15, 0.2) is 5.82 Å². The van der Waals surface area contributed by atoms with Crippen LogP contribution in [0.5, 0.6) is 0 Å². The number of amides is 1. The average Bonchev–Trinajstić information content (AvgIpc) is 3.36. The standard InChI is InChI=1S/C20H19FN4OS/c21-16-10-8-15(9-11-16)18-22-20(27-24-18)23-19(26)17(25-12-4-5-13-25)14-6-2-1-3-7-14/h1-3,6-11,17H,4-5,12-13H2,(H,22,23,24,26). The molecule has 0 radical (unpaired) electrons. The van der Waals surface area contributed by atoms with Gasteiger partial charge in [-0.15, -0.1) is 0 Å². The summed E-state index contributed by atoms with van der Waals surface area (Å²) in [5, 5.41) is 3.35. The molecule has 1 aliphatic heterocycles. The van der Waals surface area contributed by atoms with Crippen LogP contribution in [-0.2, 0) is 4.79 Å². The summed E-state index contributed by atoms with van der Waals surface area (Å²) in [7, 11) is 0. The quantitative estimate of drug-likeness (QED) is 0.721. The van der Waals surface area contributed by atoms with Gasteiger partial charge in [-0.3, -0.25) is 15.0 Å². The molecular formula is C20H19FN4OS. The molecule has 5 nitrogen and oxygen atoms in total. The van der Waals surface area contributed by atoms with Crippen molar-refractivity contribution in [3.63, 3.8) is 0 Å². The Morgan fingerprint density at radius 2 is 1.78 bits per heavy atom. The van der Waals surface area contributed by atoms with E-state index in [-0.39, 0.29) is 17.8 Å². The summed E-state index contributed by atoms with van der Waals surface area (Å²) in [5.41, 5.74) is 1.69. The van der Waals surface area contributed by atoms with Gasteiger partial charge >= 0.3 is 0 Å². The molecule has 1 amide bonds. The van der Waals surface area contributed by atoms with Gasteiger partial charge in [0.05, 0.1) is 0 Å². The number of carbonyl (C=O) groups excluding carboxylic acids is 1. The first-order valence-electron chi connectivity index (χ1n) is 8.90. The summed E-state index contributed by atoms with van der Waals surface area (Å²) in [6.45, 7) is 1.81. The molecule has 0 spiro atoms. The maximum absolute atomic E-state index is 13.1. The van der Waals surface area contributed by atoms with Crippen LogP contribution >= 0.6 is 11.5 Å². The molecule has 1 fully saturated rings. The molecule has 3 aromatic rings. The lowest BCUT2D eigenvalue weighted by Crippen LogP contribution is -2.35. The fourth-order valence-electron chi connectivity index (χ4n) is 3.33. The molecule has 0 saturated carbocycles. The highest BCUT2D eigenvalue weighted by molar-refractivity contribution is 7.10. The van der Waals surface area contributed by atoms with E-state index in [9.17, 15) is 9.18 Å². The van der Waals surface area contributed by atoms with Gasteiger partial charge in [0.2, 0.25) is 11.0 Å². The number of anilines is 1. The van der Waals surface area contributed by atoms with Crippen molar-refractivity contribution in [2.45, 2.75) is 18.9 Å². The van der Waals surface area contributed by atoms with E-state index >= 15 is 0 Å². The summed E-state index contributed by atoms with van der Waals surface area (Å²) in [6.07, 6.45) is 2.20. The second-order valence-electron chi connectivity index (χ2n) is 6.48. The topological polar surface area (TPSA) is 58.1 Å². The van der Waals surface area contributed by atoms with Gasteiger partial charge in [0, 0.05) is 17.1 Å². The Balaban J connectivity index is 1.53. The van der Waals surface area contributed by atoms with Gasteiger partial charge in [-0.1, -0.05) is 30.3 Å². The predicted octanol–water partition coefficient (Wildman–Crippen LogP) is 4.12. The largest absolute Gasteiger partial charge is 0.299 e. The van der Waals surface area contributed by atoms with Crippen molar-refractivity contribution in [1.29, 1.82) is 0 Å². The molecule has 1 unspecified atom stereocenters. The Kier molecular flexibility index (Phi) is 5.22. The maximum atomic E-state index is 13.1. The molecular weight excluding hydrogens is 363 g/mol. The number of aromatic nitrogens is 2. The number of hydrogen-bond donors (Lipinski definition) is 1. The van der Waals surface area contributed by atoms with Crippen LogP contribution in [0, 0.1) is 5.82 Å². The highest BCUT2D eigenvalue weighted by Crippen LogP contribution is 2.28. The fourth-order valence-corrected chi connectivity index (χ4v) is 3.92. The molecule has 2 heterocycles. The molecule has 4 rings (SSSR count). The lowest BCUT2D eigenvalue weighted by Gasteiger charge is -2.26. The number of likely N-dealkylation sites (tertiary alicyclic amines) is 1. The minimum atomic E-state index is -0.341. The number of rotatable bonds is 5. The van der Waals surface area contributed by atoms with E-state index in [4.69, 9.17) is 0 Å². The number of halogens is 1. The van der Waals surface area contributed by atoms with E-state index in [1.54, 1.807) is 12.1 Å². The van der Waals surface area contributed by atoms with Crippen molar-refractivity contribution in [3.8, 4) is 11.4 Å². The van der Waals surface area contributed by atoms with Gasteiger partial charge in [-0.2, -0.15) is 9.36 Å². The van der Waals surface area contributed by atoms with Crippen molar-refractivity contribution < 1.29 is 9.18 Å². The Labute approximate surface area is 161 Å². The summed E-state index contributed by atoms with van der Waals surface area (Å²) < 4.78 is 17.4. The van der Waals surface area contributed by atoms with Crippen LogP contribution in [-0.4, -0.2) is 33.3 Å². The van der Waals surface area contributed by atoms with Crippen LogP contribution in [0.2, 0.25) is 0 Å². The highest BCUT2D eigenvalue weighted by atomic mass is 32.1. The third-order valence-corrected chi connectivity index (χ3v) is 5.26. The zero-order chi connectivity index (χ0) is 18.6. The molecule has 0 bridgehead atoms. The number of hydrogen-bond acceptors (Lipinski definition) is 5. The Bertz CT molecular complexity index is 907. The first kappa shape index (κ1) is 17.8. The number of nitrogens with zero attached hydrogens (tertiary/aromatic N) is 3. The predicted molar refractivity (Wildman–Crippen MR) is 104 cm³/mol. The molecule has 1 N–H and O–H groups in total. The van der Waals surface area contributed by atoms with Crippen molar-refractivity contribution in [1.82, 2.24) is 14.3 Å². The lowest BCUT2D eigenvalue weighted by molar-refractivity contribution is -0.121. The second-order valence-corrected chi connectivity index (χ2v) is 7.23. The van der Waals surface area contributed by atoms with E-state index in [1.807, 2.05) is 30.3 Å². The Morgan fingerprint density at radius 1 is 1.07 bits per heavy atom. The molecule has 1 saturated heterocycles. The van der Waals surface area contributed by atoms with Gasteiger partial charge in [-0.05, 0) is 55.8 Å². The number of carbonyl (C=O) groups is 1. The highest BCUT2D eigenvalue weighted by Gasteiger charge is 2.30. The van der Waals surface area contributed by atoms with E-state index in [0.717, 1.165) is 43.0 Å². The van der Waals surface area contributed by atoms with E-state index in [2.05, 4.69) is 19.6 Å². The molecule has 1 aromatic heterocycles. The van der Waals surface area contributed by atoms with Crippen LogP contribution in [0.3, 0.4) is 0 Å². The summed E-state index contributed by atoms with van der Waals surface area (Å²) in [5.74, 6) is 0.0662. The van der Waals surface area contributed by atoms with Crippen molar-refractivity contribution in [2.24, 2.45) is 0 Å². The minimum Gasteiger partial charge on any atom is -0.299 e. The van der Waals surface area contributed by atoms with Crippen LogP contribution < -0.4 is 5.32 Å². The minimum absolute atomic E-state index is 0.107. The average molecular weight is 382 g/mol. The van der Waals surface area contributed by atoms with Crippen LogP contribution in [0.1, 0.15) is 24.4 Å². The second kappa shape index (κ2) is 7.94. The SMILES string of the molecule is O=C(Nc1nc(-c2ccc(F)cc2)ns1)C(c1ccccc1)N1CCCC1. The van der Waals surface area contributed by atoms with Crippen molar-refractivity contribution >= 4 is 22.6 Å². The molecule has 1 atom stereocenters. The van der Waals surface area contributed by atoms with Crippen molar-refractivity contribution in [3.05, 3.63) is 66.0 Å². The molecule has 0 aliphatic carbocycles. The molecule has 2 aromatic carbocycles. The van der Waals surface area contributed by atoms with E-state index in [1.165, 1.54) is 12.1 Å². The first-order chi connectivity index (χ1) is 13.2. The number of nitrogens with one attached hydrogen (secondary N) is 1. The van der Waals surface area contributed by atoms with Gasteiger partial charge < -0.3 is 0 Å². The molecule has 138 valence electrons. The van der Waals surface area contributed by atoms with E-state index < -0.39 is 0 Å². The maximum Gasteiger partial charge on any atom is 0.248 e. The third-order valence-electron chi connectivity index (χ3n) is 4.63. The van der Waals surface area contributed by atoms with Gasteiger partial charge in [-0.25, -0.2) is 4.39 Å². The monoisotopic (exact) mass is 382 g/mol. The molecule has 1 aliphatic rings.